The molecule has 1 saturated heterocycles. The van der Waals surface area contributed by atoms with Gasteiger partial charge in [-0.05, 0) is 23.8 Å². The van der Waals surface area contributed by atoms with Crippen LogP contribution in [0.3, 0.4) is 0 Å². The quantitative estimate of drug-likeness (QED) is 0.523. The van der Waals surface area contributed by atoms with Gasteiger partial charge in [-0.1, -0.05) is 30.3 Å². The number of para-hydroxylation sites is 1. The molecule has 162 valence electrons. The number of aromatic amines is 1. The van der Waals surface area contributed by atoms with Crippen LogP contribution in [0.25, 0.3) is 22.2 Å². The molecule has 1 unspecified atom stereocenters. The summed E-state index contributed by atoms with van der Waals surface area (Å²) in [6.07, 6.45) is 5.40. The summed E-state index contributed by atoms with van der Waals surface area (Å²) in [7, 11) is 1.64. The van der Waals surface area contributed by atoms with E-state index in [0.29, 0.717) is 26.1 Å². The van der Waals surface area contributed by atoms with Crippen LogP contribution in [0.4, 0.5) is 0 Å². The number of aromatic nitrogens is 3. The van der Waals surface area contributed by atoms with E-state index in [0.717, 1.165) is 39.2 Å². The summed E-state index contributed by atoms with van der Waals surface area (Å²) in [4.78, 5) is 27.3. The van der Waals surface area contributed by atoms with Gasteiger partial charge in [0, 0.05) is 29.2 Å². The molecule has 1 atom stereocenters. The third kappa shape index (κ3) is 4.07. The molecular weight excluding hydrogens is 404 g/mol. The largest absolute Gasteiger partial charge is 0.497 e. The summed E-state index contributed by atoms with van der Waals surface area (Å²) in [6.45, 7) is 1.49. The molecule has 0 bridgehead atoms. The Balaban J connectivity index is 1.32. The lowest BCUT2D eigenvalue weighted by Crippen LogP contribution is -2.43. The van der Waals surface area contributed by atoms with Gasteiger partial charge in [0.2, 0.25) is 5.91 Å². The summed E-state index contributed by atoms with van der Waals surface area (Å²) in [5.41, 5.74) is 4.43. The van der Waals surface area contributed by atoms with E-state index in [9.17, 15) is 4.79 Å². The zero-order valence-corrected chi connectivity index (χ0v) is 17.8. The molecular formula is C25H24N4O3. The van der Waals surface area contributed by atoms with E-state index in [4.69, 9.17) is 14.5 Å². The number of amides is 1. The van der Waals surface area contributed by atoms with Crippen LogP contribution in [-0.2, 0) is 16.0 Å². The van der Waals surface area contributed by atoms with Crippen molar-refractivity contribution in [1.29, 1.82) is 0 Å². The number of morpholine rings is 1. The lowest BCUT2D eigenvalue weighted by molar-refractivity contribution is -0.138. The number of carbonyl (C=O) groups is 1. The van der Waals surface area contributed by atoms with Crippen molar-refractivity contribution in [3.8, 4) is 17.0 Å². The van der Waals surface area contributed by atoms with Gasteiger partial charge in [0.15, 0.2) is 0 Å². The van der Waals surface area contributed by atoms with Gasteiger partial charge in [-0.15, -0.1) is 0 Å². The van der Waals surface area contributed by atoms with Crippen molar-refractivity contribution in [1.82, 2.24) is 19.9 Å². The Morgan fingerprint density at radius 3 is 3.03 bits per heavy atom. The number of H-pyrrole nitrogens is 1. The summed E-state index contributed by atoms with van der Waals surface area (Å²) in [5, 5.41) is 1.09. The normalized spacial score (nSPS) is 16.3. The fourth-order valence-corrected chi connectivity index (χ4v) is 4.07. The molecule has 0 spiro atoms. The van der Waals surface area contributed by atoms with E-state index in [1.807, 2.05) is 59.6 Å². The predicted molar refractivity (Wildman–Crippen MR) is 121 cm³/mol. The SMILES string of the molecule is COc1cccc(-c2cncc(C3CN(C(=O)Cc4c[nH]c5ccccc45)CCO3)n2)c1. The van der Waals surface area contributed by atoms with E-state index in [1.54, 1.807) is 19.5 Å². The molecule has 2 aromatic carbocycles. The number of nitrogens with zero attached hydrogens (tertiary/aromatic N) is 3. The molecule has 0 saturated carbocycles. The van der Waals surface area contributed by atoms with Crippen LogP contribution in [0.1, 0.15) is 17.4 Å². The minimum atomic E-state index is -0.311. The monoisotopic (exact) mass is 428 g/mol. The number of fused-ring (bicyclic) bond motifs is 1. The third-order valence-corrected chi connectivity index (χ3v) is 5.78. The Morgan fingerprint density at radius 1 is 1.22 bits per heavy atom. The number of methoxy groups -OCH3 is 1. The van der Waals surface area contributed by atoms with Crippen molar-refractivity contribution >= 4 is 16.8 Å². The summed E-state index contributed by atoms with van der Waals surface area (Å²) in [6, 6.07) is 15.7. The average molecular weight is 428 g/mol. The topological polar surface area (TPSA) is 80.3 Å². The number of hydrogen-bond donors (Lipinski definition) is 1. The van der Waals surface area contributed by atoms with Crippen LogP contribution in [0.15, 0.2) is 67.1 Å². The number of nitrogens with one attached hydrogen (secondary N) is 1. The van der Waals surface area contributed by atoms with Crippen molar-refractivity contribution in [2.75, 3.05) is 26.8 Å². The maximum absolute atomic E-state index is 13.1. The highest BCUT2D eigenvalue weighted by Gasteiger charge is 2.27. The number of rotatable bonds is 5. The first-order valence-electron chi connectivity index (χ1n) is 10.6. The van der Waals surface area contributed by atoms with Crippen LogP contribution >= 0.6 is 0 Å². The van der Waals surface area contributed by atoms with Gasteiger partial charge in [-0.25, -0.2) is 4.98 Å². The maximum Gasteiger partial charge on any atom is 0.227 e. The summed E-state index contributed by atoms with van der Waals surface area (Å²) >= 11 is 0. The highest BCUT2D eigenvalue weighted by molar-refractivity contribution is 5.88. The molecule has 1 N–H and O–H groups in total. The first-order chi connectivity index (χ1) is 15.7. The molecule has 2 aromatic heterocycles. The summed E-state index contributed by atoms with van der Waals surface area (Å²) in [5.74, 6) is 0.845. The highest BCUT2D eigenvalue weighted by atomic mass is 16.5. The van der Waals surface area contributed by atoms with Gasteiger partial charge >= 0.3 is 0 Å². The van der Waals surface area contributed by atoms with Gasteiger partial charge in [0.05, 0.1) is 50.5 Å². The number of ether oxygens (including phenoxy) is 2. The fraction of sp³-hybridized carbons (Fsp3) is 0.240. The molecule has 0 radical (unpaired) electrons. The first-order valence-corrected chi connectivity index (χ1v) is 10.6. The van der Waals surface area contributed by atoms with Crippen LogP contribution in [-0.4, -0.2) is 52.6 Å². The smallest absolute Gasteiger partial charge is 0.227 e. The minimum Gasteiger partial charge on any atom is -0.497 e. The van der Waals surface area contributed by atoms with Gasteiger partial charge in [-0.3, -0.25) is 9.78 Å². The van der Waals surface area contributed by atoms with Crippen LogP contribution in [0.5, 0.6) is 5.75 Å². The van der Waals surface area contributed by atoms with Gasteiger partial charge in [-0.2, -0.15) is 0 Å². The van der Waals surface area contributed by atoms with Crippen LogP contribution in [0.2, 0.25) is 0 Å². The molecule has 1 aliphatic heterocycles. The van der Waals surface area contributed by atoms with Crippen LogP contribution < -0.4 is 4.74 Å². The molecule has 5 rings (SSSR count). The second-order valence-corrected chi connectivity index (χ2v) is 7.80. The molecule has 7 heteroatoms. The molecule has 1 fully saturated rings. The Morgan fingerprint density at radius 2 is 2.12 bits per heavy atom. The lowest BCUT2D eigenvalue weighted by Gasteiger charge is -2.32. The Hall–Kier alpha value is -3.71. The van der Waals surface area contributed by atoms with E-state index < -0.39 is 0 Å². The molecule has 1 amide bonds. The lowest BCUT2D eigenvalue weighted by atomic mass is 10.1. The summed E-state index contributed by atoms with van der Waals surface area (Å²) < 4.78 is 11.3. The van der Waals surface area contributed by atoms with Gasteiger partial charge < -0.3 is 19.4 Å². The van der Waals surface area contributed by atoms with Gasteiger partial charge in [0.1, 0.15) is 11.9 Å². The highest BCUT2D eigenvalue weighted by Crippen LogP contribution is 2.26. The van der Waals surface area contributed by atoms with E-state index >= 15 is 0 Å². The van der Waals surface area contributed by atoms with Gasteiger partial charge in [0.25, 0.3) is 0 Å². The number of benzene rings is 2. The molecule has 1 aliphatic rings. The molecule has 0 aliphatic carbocycles. The predicted octanol–water partition coefficient (Wildman–Crippen LogP) is 3.78. The van der Waals surface area contributed by atoms with E-state index in [-0.39, 0.29) is 12.0 Å². The molecule has 32 heavy (non-hydrogen) atoms. The van der Waals surface area contributed by atoms with Crippen molar-refractivity contribution < 1.29 is 14.3 Å². The zero-order chi connectivity index (χ0) is 21.9. The third-order valence-electron chi connectivity index (χ3n) is 5.78. The van der Waals surface area contributed by atoms with Crippen molar-refractivity contribution in [2.24, 2.45) is 0 Å². The second kappa shape index (κ2) is 8.80. The fourth-order valence-electron chi connectivity index (χ4n) is 4.07. The standard InChI is InChI=1S/C25H24N4O3/c1-31-19-6-4-5-17(11-19)22-14-26-15-23(28-22)24-16-29(9-10-32-24)25(30)12-18-13-27-21-8-3-2-7-20(18)21/h2-8,11,13-15,24,27H,9-10,12,16H2,1H3. The van der Waals surface area contributed by atoms with Crippen molar-refractivity contribution in [2.45, 2.75) is 12.5 Å². The Kier molecular flexibility index (Phi) is 5.56. The molecule has 3 heterocycles. The Bertz CT molecular complexity index is 1250. The number of carbonyl (C=O) groups excluding carboxylic acids is 1. The molecule has 7 nitrogen and oxygen atoms in total. The number of hydrogen-bond acceptors (Lipinski definition) is 5. The minimum absolute atomic E-state index is 0.0833. The second-order valence-electron chi connectivity index (χ2n) is 7.80. The van der Waals surface area contributed by atoms with E-state index in [1.165, 1.54) is 0 Å². The average Bonchev–Trinajstić information content (AvgIpc) is 3.27. The van der Waals surface area contributed by atoms with Crippen molar-refractivity contribution in [3.05, 3.63) is 78.4 Å². The molecule has 4 aromatic rings. The van der Waals surface area contributed by atoms with E-state index in [2.05, 4.69) is 9.97 Å². The van der Waals surface area contributed by atoms with Crippen LogP contribution in [0, 0.1) is 0 Å². The first kappa shape index (κ1) is 20.2. The zero-order valence-electron chi connectivity index (χ0n) is 17.8. The Labute approximate surface area is 186 Å². The maximum atomic E-state index is 13.1. The van der Waals surface area contributed by atoms with Crippen molar-refractivity contribution in [3.63, 3.8) is 0 Å².